The van der Waals surface area contributed by atoms with Gasteiger partial charge in [-0.05, 0) is 6.08 Å². The molecule has 0 saturated carbocycles. The third-order valence-electron chi connectivity index (χ3n) is 1.53. The molecule has 1 atom stereocenters. The highest BCUT2D eigenvalue weighted by Crippen LogP contribution is 2.11. The van der Waals surface area contributed by atoms with Gasteiger partial charge in [0.1, 0.15) is 0 Å². The van der Waals surface area contributed by atoms with Gasteiger partial charge in [0, 0.05) is 12.7 Å². The molecule has 0 aliphatic carbocycles. The molecular weight excluding hydrogens is 100 g/mol. The highest BCUT2D eigenvalue weighted by molar-refractivity contribution is 5.15. The second kappa shape index (κ2) is 1.36. The van der Waals surface area contributed by atoms with Crippen LogP contribution >= 0.6 is 0 Å². The summed E-state index contributed by atoms with van der Waals surface area (Å²) < 4.78 is 0. The van der Waals surface area contributed by atoms with E-state index in [9.17, 15) is 0 Å². The number of fused-ring (bicyclic) bond motifs is 1. The van der Waals surface area contributed by atoms with Crippen molar-refractivity contribution in [2.75, 3.05) is 6.54 Å². The van der Waals surface area contributed by atoms with Gasteiger partial charge in [0.15, 0.2) is 0 Å². The zero-order valence-electron chi connectivity index (χ0n) is 4.54. The molecule has 0 fully saturated rings. The van der Waals surface area contributed by atoms with Crippen molar-refractivity contribution in [1.29, 1.82) is 0 Å². The van der Waals surface area contributed by atoms with Gasteiger partial charge < -0.3 is 5.43 Å². The zero-order valence-corrected chi connectivity index (χ0v) is 4.54. The maximum Gasteiger partial charge on any atom is 0.0673 e. The minimum atomic E-state index is 0.537. The molecule has 1 N–H and O–H groups in total. The Morgan fingerprint density at radius 3 is 3.38 bits per heavy atom. The first-order valence-corrected chi connectivity index (χ1v) is 2.83. The summed E-state index contributed by atoms with van der Waals surface area (Å²) in [5, 5.41) is 2.17. The zero-order chi connectivity index (χ0) is 5.40. The Morgan fingerprint density at radius 2 is 2.50 bits per heavy atom. The molecule has 0 spiro atoms. The van der Waals surface area contributed by atoms with E-state index in [4.69, 9.17) is 0 Å². The molecule has 0 aromatic carbocycles. The number of hydrogen-bond acceptors (Lipinski definition) is 2. The van der Waals surface area contributed by atoms with Crippen LogP contribution in [0, 0.1) is 0 Å². The van der Waals surface area contributed by atoms with Gasteiger partial charge in [-0.25, -0.2) is 5.01 Å². The average Bonchev–Trinajstić information content (AvgIpc) is 2.15. The Morgan fingerprint density at radius 1 is 1.50 bits per heavy atom. The van der Waals surface area contributed by atoms with Crippen molar-refractivity contribution in [2.45, 2.75) is 6.04 Å². The number of hydrazine groups is 1. The van der Waals surface area contributed by atoms with E-state index < -0.39 is 0 Å². The van der Waals surface area contributed by atoms with Crippen LogP contribution < -0.4 is 5.43 Å². The first kappa shape index (κ1) is 4.15. The van der Waals surface area contributed by atoms with Crippen molar-refractivity contribution in [3.8, 4) is 0 Å². The Hall–Kier alpha value is -0.760. The fourth-order valence-corrected chi connectivity index (χ4v) is 1.08. The van der Waals surface area contributed by atoms with Gasteiger partial charge in [0.25, 0.3) is 0 Å². The lowest BCUT2D eigenvalue weighted by Gasteiger charge is -2.13. The molecule has 2 heterocycles. The molecule has 42 valence electrons. The topological polar surface area (TPSA) is 15.3 Å². The van der Waals surface area contributed by atoms with Crippen LogP contribution in [0.2, 0.25) is 0 Å². The molecule has 2 rings (SSSR count). The first-order chi connectivity index (χ1) is 3.97. The molecule has 0 aromatic rings. The van der Waals surface area contributed by atoms with E-state index in [1.54, 1.807) is 0 Å². The van der Waals surface area contributed by atoms with Gasteiger partial charge >= 0.3 is 0 Å². The predicted molar refractivity (Wildman–Crippen MR) is 31.9 cm³/mol. The van der Waals surface area contributed by atoms with Gasteiger partial charge in [-0.1, -0.05) is 12.2 Å². The van der Waals surface area contributed by atoms with E-state index in [1.165, 1.54) is 0 Å². The lowest BCUT2D eigenvalue weighted by Crippen LogP contribution is -2.32. The molecule has 0 amide bonds. The van der Waals surface area contributed by atoms with Gasteiger partial charge in [-0.15, -0.1) is 0 Å². The molecule has 2 heteroatoms. The van der Waals surface area contributed by atoms with E-state index >= 15 is 0 Å². The number of nitrogens with one attached hydrogen (secondary N) is 1. The summed E-state index contributed by atoms with van der Waals surface area (Å²) in [4.78, 5) is 0. The van der Waals surface area contributed by atoms with Crippen molar-refractivity contribution in [2.24, 2.45) is 0 Å². The summed E-state index contributed by atoms with van der Waals surface area (Å²) in [7, 11) is 0. The first-order valence-electron chi connectivity index (χ1n) is 2.83. The number of rotatable bonds is 0. The summed E-state index contributed by atoms with van der Waals surface area (Å²) in [5.74, 6) is 0. The van der Waals surface area contributed by atoms with Crippen LogP contribution in [0.4, 0.5) is 0 Å². The minimum Gasteiger partial charge on any atom is -0.325 e. The summed E-state index contributed by atoms with van der Waals surface area (Å²) in [5.41, 5.74) is 3.11. The van der Waals surface area contributed by atoms with Crippen LogP contribution in [0.25, 0.3) is 0 Å². The van der Waals surface area contributed by atoms with Crippen LogP contribution in [-0.2, 0) is 0 Å². The average molecular weight is 108 g/mol. The lowest BCUT2D eigenvalue weighted by atomic mass is 10.3. The van der Waals surface area contributed by atoms with Crippen molar-refractivity contribution in [3.05, 3.63) is 24.4 Å². The molecule has 8 heavy (non-hydrogen) atoms. The van der Waals surface area contributed by atoms with Crippen LogP contribution in [-0.4, -0.2) is 17.6 Å². The monoisotopic (exact) mass is 108 g/mol. The number of nitrogens with zero attached hydrogens (tertiary/aromatic N) is 1. The molecule has 0 saturated heterocycles. The smallest absolute Gasteiger partial charge is 0.0673 e. The molecule has 0 aromatic heterocycles. The van der Waals surface area contributed by atoms with Crippen molar-refractivity contribution in [1.82, 2.24) is 10.4 Å². The highest BCUT2D eigenvalue weighted by atomic mass is 15.5. The third kappa shape index (κ3) is 0.406. The molecule has 0 radical (unpaired) electrons. The van der Waals surface area contributed by atoms with Gasteiger partial charge in [-0.3, -0.25) is 0 Å². The van der Waals surface area contributed by atoms with Crippen molar-refractivity contribution < 1.29 is 0 Å². The molecule has 2 nitrogen and oxygen atoms in total. The van der Waals surface area contributed by atoms with E-state index in [1.807, 2.05) is 6.20 Å². The molecule has 1 unspecified atom stereocenters. The van der Waals surface area contributed by atoms with E-state index in [0.29, 0.717) is 6.04 Å². The van der Waals surface area contributed by atoms with E-state index in [0.717, 1.165) is 6.54 Å². The fraction of sp³-hybridized carbons (Fsp3) is 0.333. The predicted octanol–water partition coefficient (Wildman–Crippen LogP) is 0.259. The van der Waals surface area contributed by atoms with Crippen molar-refractivity contribution in [3.63, 3.8) is 0 Å². The summed E-state index contributed by atoms with van der Waals surface area (Å²) >= 11 is 0. The lowest BCUT2D eigenvalue weighted by molar-refractivity contribution is 0.272. The second-order valence-electron chi connectivity index (χ2n) is 2.06. The largest absolute Gasteiger partial charge is 0.325 e. The summed E-state index contributed by atoms with van der Waals surface area (Å²) in [6.45, 7) is 1.04. The van der Waals surface area contributed by atoms with E-state index in [-0.39, 0.29) is 0 Å². The van der Waals surface area contributed by atoms with Crippen LogP contribution in [0.5, 0.6) is 0 Å². The quantitative estimate of drug-likeness (QED) is 0.448. The van der Waals surface area contributed by atoms with Crippen LogP contribution in [0.15, 0.2) is 24.4 Å². The normalized spacial score (nSPS) is 33.2. The van der Waals surface area contributed by atoms with Gasteiger partial charge in [-0.2, -0.15) is 0 Å². The van der Waals surface area contributed by atoms with Gasteiger partial charge in [0.05, 0.1) is 6.04 Å². The minimum absolute atomic E-state index is 0.537. The van der Waals surface area contributed by atoms with Gasteiger partial charge in [0.2, 0.25) is 0 Å². The fourth-order valence-electron chi connectivity index (χ4n) is 1.08. The molecule has 2 aliphatic rings. The Labute approximate surface area is 48.5 Å². The van der Waals surface area contributed by atoms with E-state index in [2.05, 4.69) is 28.7 Å². The maximum absolute atomic E-state index is 3.11. The standard InChI is InChI=1S/C6H8N2/c1-2-6-3-4-7-8(6)5-1/h1-4,6-7H,5H2. The Kier molecular flexibility index (Phi) is 0.704. The summed E-state index contributed by atoms with van der Waals surface area (Å²) in [6, 6.07) is 0.537. The molecule has 0 bridgehead atoms. The Bertz CT molecular complexity index is 133. The number of hydrogen-bond donors (Lipinski definition) is 1. The van der Waals surface area contributed by atoms with Crippen molar-refractivity contribution >= 4 is 0 Å². The van der Waals surface area contributed by atoms with Crippen LogP contribution in [0.1, 0.15) is 0 Å². The maximum atomic E-state index is 3.11. The second-order valence-corrected chi connectivity index (χ2v) is 2.06. The molecule has 2 aliphatic heterocycles. The summed E-state index contributed by atoms with van der Waals surface area (Å²) in [6.07, 6.45) is 8.48. The Balaban J connectivity index is 2.22. The highest BCUT2D eigenvalue weighted by Gasteiger charge is 2.18. The third-order valence-corrected chi connectivity index (χ3v) is 1.53. The van der Waals surface area contributed by atoms with Crippen LogP contribution in [0.3, 0.4) is 0 Å². The molecular formula is C6H8N2. The SMILES string of the molecule is C1=CC2C=CNN2C1.